The van der Waals surface area contributed by atoms with E-state index < -0.39 is 5.54 Å². The van der Waals surface area contributed by atoms with Crippen LogP contribution in [-0.4, -0.2) is 10.1 Å². The Bertz CT molecular complexity index is 585. The molecule has 3 rings (SSSR count). The summed E-state index contributed by atoms with van der Waals surface area (Å²) in [6, 6.07) is 8.04. The Balaban J connectivity index is 1.85. The van der Waals surface area contributed by atoms with Crippen LogP contribution in [0.1, 0.15) is 38.4 Å². The van der Waals surface area contributed by atoms with Crippen molar-refractivity contribution in [3.05, 3.63) is 33.7 Å². The summed E-state index contributed by atoms with van der Waals surface area (Å²) in [6.45, 7) is 2.27. The van der Waals surface area contributed by atoms with Crippen molar-refractivity contribution < 1.29 is 4.52 Å². The van der Waals surface area contributed by atoms with E-state index >= 15 is 0 Å². The first-order valence-electron chi connectivity index (χ1n) is 6.96. The second-order valence-electron chi connectivity index (χ2n) is 5.77. The largest absolute Gasteiger partial charge is 0.334 e. The second kappa shape index (κ2) is 5.44. The maximum Gasteiger partial charge on any atom is 0.257 e. The lowest BCUT2D eigenvalue weighted by Crippen LogP contribution is -2.41. The molecular weight excluding hydrogens is 365 g/mol. The van der Waals surface area contributed by atoms with Gasteiger partial charge in [-0.3, -0.25) is 0 Å². The molecule has 0 spiro atoms. The zero-order valence-corrected chi connectivity index (χ0v) is 13.6. The molecule has 0 amide bonds. The second-order valence-corrected chi connectivity index (χ2v) is 7.01. The van der Waals surface area contributed by atoms with Crippen LogP contribution in [0.5, 0.6) is 0 Å². The summed E-state index contributed by atoms with van der Waals surface area (Å²) in [5, 5.41) is 4.12. The topological polar surface area (TPSA) is 64.9 Å². The summed E-state index contributed by atoms with van der Waals surface area (Å²) in [6.07, 6.45) is 4.12. The van der Waals surface area contributed by atoms with Gasteiger partial charge in [0.05, 0.1) is 5.54 Å². The van der Waals surface area contributed by atoms with Crippen LogP contribution in [0.2, 0.25) is 0 Å². The molecular formula is C15H18IN3O. The van der Waals surface area contributed by atoms with Gasteiger partial charge in [0.1, 0.15) is 0 Å². The fourth-order valence-electron chi connectivity index (χ4n) is 2.64. The number of halogens is 1. The summed E-state index contributed by atoms with van der Waals surface area (Å²) in [4.78, 5) is 4.53. The Morgan fingerprint density at radius 1 is 1.25 bits per heavy atom. The minimum atomic E-state index is -0.419. The number of aromatic nitrogens is 2. The van der Waals surface area contributed by atoms with Crippen molar-refractivity contribution in [3.63, 3.8) is 0 Å². The molecule has 1 aliphatic rings. The number of nitrogens with two attached hydrogens (primary N) is 1. The first kappa shape index (κ1) is 14.0. The van der Waals surface area contributed by atoms with Crippen molar-refractivity contribution in [1.29, 1.82) is 0 Å². The lowest BCUT2D eigenvalue weighted by atomic mass is 9.77. The van der Waals surface area contributed by atoms with Gasteiger partial charge in [-0.15, -0.1) is 0 Å². The van der Waals surface area contributed by atoms with E-state index in [2.05, 4.69) is 39.7 Å². The van der Waals surface area contributed by atoms with Gasteiger partial charge in [0, 0.05) is 9.13 Å². The highest BCUT2D eigenvalue weighted by Crippen LogP contribution is 2.36. The fourth-order valence-corrected chi connectivity index (χ4v) is 3.00. The maximum absolute atomic E-state index is 6.47. The van der Waals surface area contributed by atoms with Crippen molar-refractivity contribution in [3.8, 4) is 11.5 Å². The van der Waals surface area contributed by atoms with E-state index in [1.165, 1.54) is 3.57 Å². The summed E-state index contributed by atoms with van der Waals surface area (Å²) in [5.41, 5.74) is 6.99. The molecule has 1 aromatic carbocycles. The SMILES string of the molecule is CC1CCC(N)(c2noc(-c3ccc(I)cc3)n2)CC1. The van der Waals surface area contributed by atoms with E-state index in [9.17, 15) is 0 Å². The molecule has 0 saturated heterocycles. The Labute approximate surface area is 132 Å². The highest BCUT2D eigenvalue weighted by atomic mass is 127. The Morgan fingerprint density at radius 2 is 1.90 bits per heavy atom. The minimum Gasteiger partial charge on any atom is -0.334 e. The number of hydrogen-bond acceptors (Lipinski definition) is 4. The lowest BCUT2D eigenvalue weighted by Gasteiger charge is -2.33. The molecule has 5 heteroatoms. The summed E-state index contributed by atoms with van der Waals surface area (Å²) in [7, 11) is 0. The standard InChI is InChI=1S/C15H18IN3O/c1-10-6-8-15(17,9-7-10)14-18-13(20-19-14)11-2-4-12(16)5-3-11/h2-5,10H,6-9,17H2,1H3. The number of hydrogen-bond donors (Lipinski definition) is 1. The van der Waals surface area contributed by atoms with E-state index in [4.69, 9.17) is 10.3 Å². The van der Waals surface area contributed by atoms with Gasteiger partial charge in [-0.05, 0) is 78.5 Å². The van der Waals surface area contributed by atoms with Crippen LogP contribution in [0.3, 0.4) is 0 Å². The van der Waals surface area contributed by atoms with Gasteiger partial charge in [0.2, 0.25) is 0 Å². The molecule has 2 aromatic rings. The molecule has 1 aliphatic carbocycles. The Hall–Kier alpha value is -0.950. The van der Waals surface area contributed by atoms with Gasteiger partial charge in [0.25, 0.3) is 5.89 Å². The molecule has 0 aliphatic heterocycles. The molecule has 0 unspecified atom stereocenters. The summed E-state index contributed by atoms with van der Waals surface area (Å²) >= 11 is 2.27. The van der Waals surface area contributed by atoms with Gasteiger partial charge in [-0.1, -0.05) is 12.1 Å². The third kappa shape index (κ3) is 2.74. The van der Waals surface area contributed by atoms with Crippen molar-refractivity contribution in [2.45, 2.75) is 38.1 Å². The van der Waals surface area contributed by atoms with Gasteiger partial charge >= 0.3 is 0 Å². The van der Waals surface area contributed by atoms with Crippen molar-refractivity contribution in [2.24, 2.45) is 11.7 Å². The summed E-state index contributed by atoms with van der Waals surface area (Å²) < 4.78 is 6.58. The first-order chi connectivity index (χ1) is 9.57. The van der Waals surface area contributed by atoms with Gasteiger partial charge in [0.15, 0.2) is 5.82 Å². The average molecular weight is 383 g/mol. The van der Waals surface area contributed by atoms with E-state index in [-0.39, 0.29) is 0 Å². The summed E-state index contributed by atoms with van der Waals surface area (Å²) in [5.74, 6) is 1.95. The van der Waals surface area contributed by atoms with E-state index in [1.807, 2.05) is 24.3 Å². The van der Waals surface area contributed by atoms with Gasteiger partial charge < -0.3 is 10.3 Å². The zero-order valence-electron chi connectivity index (χ0n) is 11.5. The van der Waals surface area contributed by atoms with Crippen LogP contribution in [0, 0.1) is 9.49 Å². The first-order valence-corrected chi connectivity index (χ1v) is 8.04. The smallest absolute Gasteiger partial charge is 0.257 e. The predicted octanol–water partition coefficient (Wildman–Crippen LogP) is 3.71. The highest BCUT2D eigenvalue weighted by molar-refractivity contribution is 14.1. The Kier molecular flexibility index (Phi) is 3.81. The highest BCUT2D eigenvalue weighted by Gasteiger charge is 2.36. The van der Waals surface area contributed by atoms with Crippen molar-refractivity contribution in [2.75, 3.05) is 0 Å². The maximum atomic E-state index is 6.47. The molecule has 106 valence electrons. The number of nitrogens with zero attached hydrogens (tertiary/aromatic N) is 2. The van der Waals surface area contributed by atoms with Crippen LogP contribution >= 0.6 is 22.6 Å². The molecule has 0 atom stereocenters. The van der Waals surface area contributed by atoms with E-state index in [1.54, 1.807) is 0 Å². The van der Waals surface area contributed by atoms with Crippen LogP contribution in [0.25, 0.3) is 11.5 Å². The quantitative estimate of drug-likeness (QED) is 0.804. The van der Waals surface area contributed by atoms with E-state index in [0.29, 0.717) is 11.7 Å². The molecule has 1 heterocycles. The van der Waals surface area contributed by atoms with Crippen molar-refractivity contribution in [1.82, 2.24) is 10.1 Å². The van der Waals surface area contributed by atoms with Crippen LogP contribution in [0.15, 0.2) is 28.8 Å². The third-order valence-electron chi connectivity index (χ3n) is 4.13. The zero-order chi connectivity index (χ0) is 14.2. The lowest BCUT2D eigenvalue weighted by molar-refractivity contribution is 0.230. The minimum absolute atomic E-state index is 0.419. The van der Waals surface area contributed by atoms with Gasteiger partial charge in [-0.25, -0.2) is 0 Å². The fraction of sp³-hybridized carbons (Fsp3) is 0.467. The molecule has 0 bridgehead atoms. The van der Waals surface area contributed by atoms with Crippen LogP contribution in [0.4, 0.5) is 0 Å². The molecule has 4 nitrogen and oxygen atoms in total. The molecule has 0 radical (unpaired) electrons. The van der Waals surface area contributed by atoms with Crippen molar-refractivity contribution >= 4 is 22.6 Å². The van der Waals surface area contributed by atoms with Gasteiger partial charge in [-0.2, -0.15) is 4.98 Å². The number of rotatable bonds is 2. The third-order valence-corrected chi connectivity index (χ3v) is 4.85. The molecule has 2 N–H and O–H groups in total. The predicted molar refractivity (Wildman–Crippen MR) is 85.9 cm³/mol. The molecule has 1 fully saturated rings. The average Bonchev–Trinajstić information content (AvgIpc) is 2.94. The number of benzene rings is 1. The van der Waals surface area contributed by atoms with Crippen LogP contribution in [-0.2, 0) is 5.54 Å². The van der Waals surface area contributed by atoms with E-state index in [0.717, 1.165) is 37.2 Å². The normalized spacial score (nSPS) is 26.6. The van der Waals surface area contributed by atoms with Crippen LogP contribution < -0.4 is 5.73 Å². The Morgan fingerprint density at radius 3 is 2.55 bits per heavy atom. The monoisotopic (exact) mass is 383 g/mol. The molecule has 20 heavy (non-hydrogen) atoms. The molecule has 1 saturated carbocycles. The molecule has 1 aromatic heterocycles.